The largest absolute Gasteiger partial charge is 0.299 e. The highest BCUT2D eigenvalue weighted by atomic mass is 35.5. The quantitative estimate of drug-likeness (QED) is 0.524. The molecule has 0 spiro atoms. The number of Topliss-reactive ketones (excluding diaryl/α,β-unsaturated/α-hetero) is 1. The van der Waals surface area contributed by atoms with Gasteiger partial charge >= 0.3 is 0 Å². The Morgan fingerprint density at radius 3 is 2.12 bits per heavy atom. The molecule has 2 saturated carbocycles. The summed E-state index contributed by atoms with van der Waals surface area (Å²) < 4.78 is 0. The van der Waals surface area contributed by atoms with Gasteiger partial charge in [0.2, 0.25) is 0 Å². The molecule has 2 atom stereocenters. The molecule has 0 saturated heterocycles. The summed E-state index contributed by atoms with van der Waals surface area (Å²) >= 11 is 5.38. The first kappa shape index (κ1) is 15.0. The Bertz CT molecular complexity index is 268. The summed E-state index contributed by atoms with van der Waals surface area (Å²) in [5.74, 6) is 2.02. The maximum absolute atomic E-state index is 11.6. The first-order valence-corrected chi connectivity index (χ1v) is 7.53. The van der Waals surface area contributed by atoms with Crippen LogP contribution in [0.4, 0.5) is 0 Å². The highest BCUT2D eigenvalue weighted by Crippen LogP contribution is 2.63. The molecule has 0 aliphatic heterocycles. The maximum Gasteiger partial charge on any atom is 0.139 e. The van der Waals surface area contributed by atoms with E-state index < -0.39 is 0 Å². The molecule has 2 fully saturated rings. The number of alkyl halides is 1. The van der Waals surface area contributed by atoms with Crippen LogP contribution in [0, 0.1) is 16.7 Å². The van der Waals surface area contributed by atoms with Crippen molar-refractivity contribution >= 4 is 17.4 Å². The van der Waals surface area contributed by atoms with E-state index in [1.54, 1.807) is 0 Å². The summed E-state index contributed by atoms with van der Waals surface area (Å²) in [5, 5.41) is 0. The van der Waals surface area contributed by atoms with Gasteiger partial charge in [-0.3, -0.25) is 4.79 Å². The lowest BCUT2D eigenvalue weighted by Crippen LogP contribution is -2.32. The van der Waals surface area contributed by atoms with Crippen LogP contribution < -0.4 is 0 Å². The van der Waals surface area contributed by atoms with Gasteiger partial charge in [-0.1, -0.05) is 40.5 Å². The Morgan fingerprint density at radius 2 is 1.94 bits per heavy atom. The molecule has 0 aromatic rings. The van der Waals surface area contributed by atoms with Crippen molar-refractivity contribution in [3.63, 3.8) is 0 Å². The summed E-state index contributed by atoms with van der Waals surface area (Å²) in [6, 6.07) is 0. The van der Waals surface area contributed by atoms with Crippen LogP contribution in [0.25, 0.3) is 0 Å². The third-order valence-corrected chi connectivity index (χ3v) is 5.49. The highest BCUT2D eigenvalue weighted by molar-refractivity contribution is 6.17. The van der Waals surface area contributed by atoms with Crippen LogP contribution in [-0.2, 0) is 4.79 Å². The van der Waals surface area contributed by atoms with Gasteiger partial charge in [-0.05, 0) is 30.6 Å². The van der Waals surface area contributed by atoms with E-state index in [1.165, 1.54) is 25.7 Å². The molecule has 2 aliphatic rings. The van der Waals surface area contributed by atoms with E-state index in [9.17, 15) is 4.79 Å². The first-order valence-electron chi connectivity index (χ1n) is 6.99. The topological polar surface area (TPSA) is 17.1 Å². The third-order valence-electron chi connectivity index (χ3n) is 5.22. The Kier molecular flexibility index (Phi) is 5.07. The molecule has 0 aromatic carbocycles. The molecule has 0 aromatic heterocycles. The lowest BCUT2D eigenvalue weighted by Gasteiger charge is -2.32. The van der Waals surface area contributed by atoms with Crippen LogP contribution in [0.1, 0.15) is 66.2 Å². The van der Waals surface area contributed by atoms with Crippen molar-refractivity contribution in [3.8, 4) is 0 Å². The minimum absolute atomic E-state index is 0.0255. The predicted octanol–water partition coefficient (Wildman–Crippen LogP) is 4.82. The van der Waals surface area contributed by atoms with Crippen molar-refractivity contribution in [2.45, 2.75) is 66.2 Å². The van der Waals surface area contributed by atoms with E-state index in [4.69, 9.17) is 11.6 Å². The van der Waals surface area contributed by atoms with Gasteiger partial charge in [0.1, 0.15) is 5.78 Å². The van der Waals surface area contributed by atoms with Gasteiger partial charge in [-0.15, -0.1) is 11.6 Å². The molecule has 2 unspecified atom stereocenters. The number of carbonyl (C=O) groups excluding carboxylic acids is 1. The summed E-state index contributed by atoms with van der Waals surface area (Å²) in [4.78, 5) is 11.6. The SMILES string of the molecule is CC12CCC(CC1=O)C2(C)C.CCCCCCl. The van der Waals surface area contributed by atoms with Gasteiger partial charge in [0.05, 0.1) is 0 Å². The third kappa shape index (κ3) is 2.70. The Morgan fingerprint density at radius 1 is 1.29 bits per heavy atom. The second kappa shape index (κ2) is 5.73. The number of hydrogen-bond acceptors (Lipinski definition) is 1. The molecule has 2 bridgehead atoms. The molecule has 17 heavy (non-hydrogen) atoms. The summed E-state index contributed by atoms with van der Waals surface area (Å²) in [5.41, 5.74) is 0.307. The van der Waals surface area contributed by atoms with Gasteiger partial charge < -0.3 is 0 Å². The van der Waals surface area contributed by atoms with E-state index >= 15 is 0 Å². The number of carbonyl (C=O) groups is 1. The highest BCUT2D eigenvalue weighted by Gasteiger charge is 2.61. The van der Waals surface area contributed by atoms with Gasteiger partial charge in [0, 0.05) is 17.7 Å². The molecular formula is C15H27ClO. The molecule has 1 nitrogen and oxygen atoms in total. The zero-order chi connectivity index (χ0) is 13.1. The molecule has 2 aliphatic carbocycles. The van der Waals surface area contributed by atoms with Crippen molar-refractivity contribution in [2.24, 2.45) is 16.7 Å². The number of unbranched alkanes of at least 4 members (excludes halogenated alkanes) is 2. The van der Waals surface area contributed by atoms with Crippen LogP contribution in [-0.4, -0.2) is 11.7 Å². The second-order valence-electron chi connectivity index (χ2n) is 6.31. The standard InChI is InChI=1S/C10H16O.C5H11Cl/c1-9(2)7-4-5-10(9,3)8(11)6-7;1-2-3-4-5-6/h7H,4-6H2,1-3H3;2-5H2,1H3. The average Bonchev–Trinajstić information content (AvgIpc) is 2.60. The van der Waals surface area contributed by atoms with Gasteiger partial charge in [-0.2, -0.15) is 0 Å². The lowest BCUT2D eigenvalue weighted by atomic mass is 9.70. The number of fused-ring (bicyclic) bond motifs is 2. The molecule has 100 valence electrons. The molecule has 2 heteroatoms. The van der Waals surface area contributed by atoms with Crippen molar-refractivity contribution in [1.29, 1.82) is 0 Å². The van der Waals surface area contributed by atoms with E-state index in [2.05, 4.69) is 27.7 Å². The molecular weight excluding hydrogens is 232 g/mol. The summed E-state index contributed by atoms with van der Waals surface area (Å²) in [6.45, 7) is 8.85. The zero-order valence-corrected chi connectivity index (χ0v) is 12.6. The molecule has 0 radical (unpaired) electrons. The van der Waals surface area contributed by atoms with Crippen LogP contribution in [0.5, 0.6) is 0 Å². The minimum atomic E-state index is 0.0255. The Hall–Kier alpha value is -0.0400. The molecule has 0 heterocycles. The monoisotopic (exact) mass is 258 g/mol. The van der Waals surface area contributed by atoms with Crippen LogP contribution >= 0.6 is 11.6 Å². The predicted molar refractivity (Wildman–Crippen MR) is 74.5 cm³/mol. The Labute approximate surface area is 111 Å². The van der Waals surface area contributed by atoms with Crippen molar-refractivity contribution in [1.82, 2.24) is 0 Å². The molecule has 0 N–H and O–H groups in total. The fourth-order valence-electron chi connectivity index (χ4n) is 3.25. The summed E-state index contributed by atoms with van der Waals surface area (Å²) in [6.07, 6.45) is 6.98. The normalized spacial score (nSPS) is 33.5. The van der Waals surface area contributed by atoms with Gasteiger partial charge in [-0.25, -0.2) is 0 Å². The minimum Gasteiger partial charge on any atom is -0.299 e. The molecule has 2 rings (SSSR count). The van der Waals surface area contributed by atoms with Crippen molar-refractivity contribution < 1.29 is 4.79 Å². The smallest absolute Gasteiger partial charge is 0.139 e. The fraction of sp³-hybridized carbons (Fsp3) is 0.933. The maximum atomic E-state index is 11.6. The van der Waals surface area contributed by atoms with Crippen LogP contribution in [0.3, 0.4) is 0 Å². The second-order valence-corrected chi connectivity index (χ2v) is 6.69. The van der Waals surface area contributed by atoms with Crippen LogP contribution in [0.15, 0.2) is 0 Å². The van der Waals surface area contributed by atoms with Crippen molar-refractivity contribution in [2.75, 3.05) is 5.88 Å². The summed E-state index contributed by atoms with van der Waals surface area (Å²) in [7, 11) is 0. The zero-order valence-electron chi connectivity index (χ0n) is 11.8. The van der Waals surface area contributed by atoms with Gasteiger partial charge in [0.25, 0.3) is 0 Å². The van der Waals surface area contributed by atoms with E-state index in [0.29, 0.717) is 11.7 Å². The van der Waals surface area contributed by atoms with E-state index in [1.807, 2.05) is 0 Å². The average molecular weight is 259 g/mol. The van der Waals surface area contributed by atoms with Crippen LogP contribution in [0.2, 0.25) is 0 Å². The Balaban J connectivity index is 0.000000209. The van der Waals surface area contributed by atoms with Crippen molar-refractivity contribution in [3.05, 3.63) is 0 Å². The first-order chi connectivity index (χ1) is 7.90. The number of ketones is 1. The number of halogens is 1. The fourth-order valence-corrected chi connectivity index (χ4v) is 3.43. The van der Waals surface area contributed by atoms with E-state index in [0.717, 1.165) is 18.7 Å². The number of hydrogen-bond donors (Lipinski definition) is 0. The lowest BCUT2D eigenvalue weighted by molar-refractivity contribution is -0.128. The molecule has 0 amide bonds. The van der Waals surface area contributed by atoms with E-state index in [-0.39, 0.29) is 10.8 Å². The van der Waals surface area contributed by atoms with Gasteiger partial charge in [0.15, 0.2) is 0 Å². The number of rotatable bonds is 3.